The normalized spacial score (nSPS) is 13.6. The number of aromatic nitrogens is 3. The van der Waals surface area contributed by atoms with Gasteiger partial charge in [0.15, 0.2) is 5.82 Å². The van der Waals surface area contributed by atoms with Crippen molar-refractivity contribution >= 4 is 17.5 Å². The Morgan fingerprint density at radius 1 is 1.00 bits per heavy atom. The van der Waals surface area contributed by atoms with E-state index >= 15 is 0 Å². The highest BCUT2D eigenvalue weighted by Crippen LogP contribution is 2.27. The molecule has 0 atom stereocenters. The lowest BCUT2D eigenvalue weighted by atomic mass is 10.0. The van der Waals surface area contributed by atoms with Crippen LogP contribution >= 0.6 is 0 Å². The molecule has 2 aromatic carbocycles. The summed E-state index contributed by atoms with van der Waals surface area (Å²) in [6, 6.07) is 16.9. The van der Waals surface area contributed by atoms with E-state index in [2.05, 4.69) is 76.7 Å². The van der Waals surface area contributed by atoms with Crippen LogP contribution in [0.1, 0.15) is 36.5 Å². The third-order valence-corrected chi connectivity index (χ3v) is 4.81. The van der Waals surface area contributed by atoms with Crippen LogP contribution in [-0.2, 0) is 13.0 Å². The average Bonchev–Trinajstić information content (AvgIpc) is 2.68. The molecule has 5 nitrogen and oxygen atoms in total. The molecule has 0 saturated heterocycles. The van der Waals surface area contributed by atoms with E-state index in [-0.39, 0.29) is 0 Å². The maximum absolute atomic E-state index is 4.71. The minimum absolute atomic E-state index is 0.437. The van der Waals surface area contributed by atoms with Gasteiger partial charge in [0.2, 0.25) is 5.95 Å². The Balaban J connectivity index is 1.57. The molecule has 0 spiro atoms. The maximum atomic E-state index is 4.71. The van der Waals surface area contributed by atoms with Crippen molar-refractivity contribution in [1.82, 2.24) is 15.2 Å². The lowest BCUT2D eigenvalue weighted by Gasteiger charge is -2.28. The number of hydrogen-bond donors (Lipinski definition) is 1. The van der Waals surface area contributed by atoms with Crippen molar-refractivity contribution in [2.45, 2.75) is 32.7 Å². The molecule has 0 aliphatic carbocycles. The third-order valence-electron chi connectivity index (χ3n) is 4.81. The van der Waals surface area contributed by atoms with Crippen molar-refractivity contribution in [1.29, 1.82) is 0 Å². The third kappa shape index (κ3) is 3.38. The van der Waals surface area contributed by atoms with Crippen LogP contribution in [0.3, 0.4) is 0 Å². The lowest BCUT2D eigenvalue weighted by Crippen LogP contribution is -2.32. The second-order valence-corrected chi connectivity index (χ2v) is 6.95. The number of para-hydroxylation sites is 1. The van der Waals surface area contributed by atoms with Crippen LogP contribution in [0.15, 0.2) is 54.7 Å². The van der Waals surface area contributed by atoms with E-state index in [1.807, 2.05) is 6.07 Å². The summed E-state index contributed by atoms with van der Waals surface area (Å²) >= 11 is 0. The van der Waals surface area contributed by atoms with Crippen LogP contribution in [-0.4, -0.2) is 21.7 Å². The van der Waals surface area contributed by atoms with Gasteiger partial charge in [0.25, 0.3) is 0 Å². The molecular formula is C21H23N5. The Hall–Kier alpha value is -2.95. The van der Waals surface area contributed by atoms with Gasteiger partial charge in [-0.15, -0.1) is 5.10 Å². The Labute approximate surface area is 154 Å². The second kappa shape index (κ2) is 7.12. The Bertz CT molecular complexity index is 906. The van der Waals surface area contributed by atoms with Gasteiger partial charge in [-0.2, -0.15) is 10.1 Å². The highest BCUT2D eigenvalue weighted by molar-refractivity contribution is 5.61. The zero-order valence-corrected chi connectivity index (χ0v) is 15.2. The number of rotatable bonds is 4. The second-order valence-electron chi connectivity index (χ2n) is 6.95. The number of nitrogens with one attached hydrogen (secondary N) is 1. The first kappa shape index (κ1) is 16.5. The Kier molecular flexibility index (Phi) is 4.52. The summed E-state index contributed by atoms with van der Waals surface area (Å²) in [7, 11) is 0. The van der Waals surface area contributed by atoms with E-state index in [1.54, 1.807) is 6.20 Å². The van der Waals surface area contributed by atoms with Crippen molar-refractivity contribution < 1.29 is 0 Å². The molecule has 3 aromatic rings. The van der Waals surface area contributed by atoms with Crippen molar-refractivity contribution in [3.05, 3.63) is 71.4 Å². The first-order valence-corrected chi connectivity index (χ1v) is 9.08. The highest BCUT2D eigenvalue weighted by Gasteiger charge is 2.19. The summed E-state index contributed by atoms with van der Waals surface area (Å²) in [5.41, 5.74) is 5.08. The first-order valence-electron chi connectivity index (χ1n) is 9.08. The van der Waals surface area contributed by atoms with E-state index in [9.17, 15) is 0 Å². The summed E-state index contributed by atoms with van der Waals surface area (Å²) in [5, 5.41) is 11.8. The van der Waals surface area contributed by atoms with Gasteiger partial charge in [-0.1, -0.05) is 56.3 Å². The van der Waals surface area contributed by atoms with Gasteiger partial charge in [0, 0.05) is 18.8 Å². The van der Waals surface area contributed by atoms with Gasteiger partial charge in [-0.05, 0) is 35.1 Å². The smallest absolute Gasteiger partial charge is 0.247 e. The topological polar surface area (TPSA) is 53.9 Å². The monoisotopic (exact) mass is 345 g/mol. The molecule has 0 radical (unpaired) electrons. The zero-order valence-electron chi connectivity index (χ0n) is 15.2. The molecule has 1 aromatic heterocycles. The highest BCUT2D eigenvalue weighted by atomic mass is 15.3. The molecular weight excluding hydrogens is 322 g/mol. The van der Waals surface area contributed by atoms with Gasteiger partial charge in [-0.3, -0.25) is 0 Å². The van der Waals surface area contributed by atoms with Crippen LogP contribution in [0.4, 0.5) is 17.5 Å². The molecule has 0 saturated carbocycles. The summed E-state index contributed by atoms with van der Waals surface area (Å²) in [6.07, 6.45) is 2.69. The van der Waals surface area contributed by atoms with E-state index in [0.29, 0.717) is 11.9 Å². The first-order chi connectivity index (χ1) is 12.7. The van der Waals surface area contributed by atoms with Gasteiger partial charge in [0.05, 0.1) is 6.20 Å². The zero-order chi connectivity index (χ0) is 17.9. The summed E-state index contributed by atoms with van der Waals surface area (Å²) < 4.78 is 0. The minimum atomic E-state index is 0.437. The maximum Gasteiger partial charge on any atom is 0.247 e. The van der Waals surface area contributed by atoms with E-state index in [1.165, 1.54) is 16.7 Å². The molecule has 0 amide bonds. The molecule has 0 fully saturated rings. The molecule has 0 unspecified atom stereocenters. The summed E-state index contributed by atoms with van der Waals surface area (Å²) in [5.74, 6) is 1.83. The van der Waals surface area contributed by atoms with Crippen molar-refractivity contribution in [3.63, 3.8) is 0 Å². The van der Waals surface area contributed by atoms with Crippen molar-refractivity contribution in [2.24, 2.45) is 0 Å². The van der Waals surface area contributed by atoms with E-state index in [0.717, 1.165) is 31.0 Å². The van der Waals surface area contributed by atoms with Crippen LogP contribution < -0.4 is 10.2 Å². The molecule has 1 aliphatic rings. The van der Waals surface area contributed by atoms with Gasteiger partial charge < -0.3 is 10.2 Å². The van der Waals surface area contributed by atoms with E-state index < -0.39 is 0 Å². The Morgan fingerprint density at radius 3 is 2.62 bits per heavy atom. The molecule has 4 rings (SSSR count). The van der Waals surface area contributed by atoms with Crippen LogP contribution in [0.5, 0.6) is 0 Å². The number of hydrogen-bond acceptors (Lipinski definition) is 5. The summed E-state index contributed by atoms with van der Waals surface area (Å²) in [4.78, 5) is 6.90. The molecule has 1 N–H and O–H groups in total. The minimum Gasteiger partial charge on any atom is -0.339 e. The number of fused-ring (bicyclic) bond motifs is 1. The number of nitrogens with zero attached hydrogens (tertiary/aromatic N) is 4. The van der Waals surface area contributed by atoms with Crippen LogP contribution in [0.25, 0.3) is 0 Å². The SMILES string of the molecule is CC(C)c1ccccc1Nc1cnnc(N2CCc3ccccc3C2)n1. The standard InChI is InChI=1S/C21H23N5/c1-15(2)18-9-5-6-10-19(18)23-20-13-22-25-21(24-20)26-12-11-16-7-3-4-8-17(16)14-26/h3-10,13,15H,11-12,14H2,1-2H3,(H,23,24,25). The molecule has 26 heavy (non-hydrogen) atoms. The molecule has 132 valence electrons. The predicted molar refractivity (Wildman–Crippen MR) is 105 cm³/mol. The molecule has 1 aliphatic heterocycles. The molecule has 2 heterocycles. The fraction of sp³-hybridized carbons (Fsp3) is 0.286. The van der Waals surface area contributed by atoms with Crippen LogP contribution in [0.2, 0.25) is 0 Å². The van der Waals surface area contributed by atoms with E-state index in [4.69, 9.17) is 4.98 Å². The van der Waals surface area contributed by atoms with Gasteiger partial charge in [0.1, 0.15) is 0 Å². The molecule has 5 heteroatoms. The van der Waals surface area contributed by atoms with Gasteiger partial charge >= 0.3 is 0 Å². The van der Waals surface area contributed by atoms with Gasteiger partial charge in [-0.25, -0.2) is 0 Å². The summed E-state index contributed by atoms with van der Waals surface area (Å²) in [6.45, 7) is 6.11. The quantitative estimate of drug-likeness (QED) is 0.764. The fourth-order valence-electron chi connectivity index (χ4n) is 3.41. The number of anilines is 3. The Morgan fingerprint density at radius 2 is 1.77 bits per heavy atom. The van der Waals surface area contributed by atoms with Crippen molar-refractivity contribution in [2.75, 3.05) is 16.8 Å². The molecule has 0 bridgehead atoms. The van der Waals surface area contributed by atoms with Crippen molar-refractivity contribution in [3.8, 4) is 0 Å². The van der Waals surface area contributed by atoms with Crippen LogP contribution in [0, 0.1) is 0 Å². The predicted octanol–water partition coefficient (Wildman–Crippen LogP) is 4.30. The number of benzene rings is 2. The lowest BCUT2D eigenvalue weighted by molar-refractivity contribution is 0.698. The fourth-order valence-corrected chi connectivity index (χ4v) is 3.41. The average molecular weight is 345 g/mol. The largest absolute Gasteiger partial charge is 0.339 e.